The third-order valence-electron chi connectivity index (χ3n) is 2.52. The highest BCUT2D eigenvalue weighted by atomic mass is 14.7. The minimum Gasteiger partial charge on any atom is -0.260 e. The average molecular weight is 167 g/mol. The van der Waals surface area contributed by atoms with Crippen LogP contribution in [0, 0.1) is 0 Å². The Bertz CT molecular complexity index is 497. The molecule has 0 fully saturated rings. The molecular weight excluding hydrogens is 158 g/mol. The third kappa shape index (κ3) is 0.903. The van der Waals surface area contributed by atoms with Gasteiger partial charge < -0.3 is 0 Å². The maximum absolute atomic E-state index is 4.40. The second kappa shape index (κ2) is 2.43. The maximum Gasteiger partial charge on any atom is 0.0739 e. The molecule has 2 aromatic rings. The van der Waals surface area contributed by atoms with Crippen LogP contribution < -0.4 is 0 Å². The van der Waals surface area contributed by atoms with Crippen molar-refractivity contribution in [3.8, 4) is 0 Å². The summed E-state index contributed by atoms with van der Waals surface area (Å²) in [6.07, 6.45) is 2.97. The van der Waals surface area contributed by atoms with Crippen molar-refractivity contribution in [3.05, 3.63) is 42.0 Å². The van der Waals surface area contributed by atoms with Crippen molar-refractivity contribution >= 4 is 22.7 Å². The van der Waals surface area contributed by atoms with Gasteiger partial charge >= 0.3 is 0 Å². The molecular formula is C12H9N. The minimum atomic E-state index is 0.986. The summed E-state index contributed by atoms with van der Waals surface area (Å²) in [6, 6.07) is 12.7. The first-order valence-electron chi connectivity index (χ1n) is 4.48. The number of hydrogen-bond acceptors (Lipinski definition) is 1. The van der Waals surface area contributed by atoms with E-state index in [-0.39, 0.29) is 0 Å². The Morgan fingerprint density at radius 2 is 1.92 bits per heavy atom. The van der Waals surface area contributed by atoms with E-state index in [0.717, 1.165) is 12.1 Å². The van der Waals surface area contributed by atoms with E-state index in [9.17, 15) is 0 Å². The molecule has 1 heteroatoms. The predicted molar refractivity (Wildman–Crippen MR) is 55.8 cm³/mol. The molecule has 2 aromatic carbocycles. The Labute approximate surface area is 76.7 Å². The van der Waals surface area contributed by atoms with Gasteiger partial charge in [0.15, 0.2) is 0 Å². The molecule has 0 bridgehead atoms. The predicted octanol–water partition coefficient (Wildman–Crippen LogP) is 3.10. The van der Waals surface area contributed by atoms with Gasteiger partial charge in [-0.1, -0.05) is 36.4 Å². The molecule has 0 N–H and O–H groups in total. The lowest BCUT2D eigenvalue weighted by atomic mass is 10.0. The van der Waals surface area contributed by atoms with Crippen LogP contribution in [0.25, 0.3) is 10.8 Å². The summed E-state index contributed by atoms with van der Waals surface area (Å²) in [5, 5.41) is 2.55. The SMILES string of the molecule is C1=Nc2c(ccc3ccccc23)C1. The monoisotopic (exact) mass is 167 g/mol. The molecule has 1 heterocycles. The molecule has 0 unspecified atom stereocenters. The standard InChI is InChI=1S/C12H9N/c1-2-4-11-9(3-1)5-6-10-7-8-13-12(10)11/h1-6,8H,7H2. The van der Waals surface area contributed by atoms with Crippen LogP contribution in [-0.2, 0) is 6.42 Å². The second-order valence-electron chi connectivity index (χ2n) is 3.31. The van der Waals surface area contributed by atoms with Gasteiger partial charge in [-0.25, -0.2) is 0 Å². The molecule has 0 aromatic heterocycles. The zero-order chi connectivity index (χ0) is 8.67. The highest BCUT2D eigenvalue weighted by Gasteiger charge is 2.08. The topological polar surface area (TPSA) is 12.4 Å². The van der Waals surface area contributed by atoms with E-state index in [4.69, 9.17) is 0 Å². The van der Waals surface area contributed by atoms with Crippen molar-refractivity contribution in [1.29, 1.82) is 0 Å². The average Bonchev–Trinajstić information content (AvgIpc) is 2.65. The zero-order valence-corrected chi connectivity index (χ0v) is 7.20. The van der Waals surface area contributed by atoms with Crippen molar-refractivity contribution < 1.29 is 0 Å². The summed E-state index contributed by atoms with van der Waals surface area (Å²) in [6.45, 7) is 0. The molecule has 62 valence electrons. The number of rotatable bonds is 0. The zero-order valence-electron chi connectivity index (χ0n) is 7.20. The summed E-state index contributed by atoms with van der Waals surface area (Å²) in [7, 11) is 0. The fourth-order valence-electron chi connectivity index (χ4n) is 1.85. The molecule has 0 atom stereocenters. The van der Waals surface area contributed by atoms with E-state index in [0.29, 0.717) is 0 Å². The lowest BCUT2D eigenvalue weighted by molar-refractivity contribution is 1.43. The molecule has 3 rings (SSSR count). The fourth-order valence-corrected chi connectivity index (χ4v) is 1.85. The van der Waals surface area contributed by atoms with Crippen LogP contribution in [-0.4, -0.2) is 6.21 Å². The molecule has 0 saturated heterocycles. The quantitative estimate of drug-likeness (QED) is 0.571. The van der Waals surface area contributed by atoms with E-state index >= 15 is 0 Å². The van der Waals surface area contributed by atoms with Crippen molar-refractivity contribution in [1.82, 2.24) is 0 Å². The molecule has 1 nitrogen and oxygen atoms in total. The van der Waals surface area contributed by atoms with Crippen LogP contribution in [0.15, 0.2) is 41.4 Å². The van der Waals surface area contributed by atoms with Crippen LogP contribution >= 0.6 is 0 Å². The lowest BCUT2D eigenvalue weighted by Crippen LogP contribution is -1.79. The van der Waals surface area contributed by atoms with Gasteiger partial charge in [-0.15, -0.1) is 0 Å². The Morgan fingerprint density at radius 3 is 2.92 bits per heavy atom. The van der Waals surface area contributed by atoms with Gasteiger partial charge in [-0.3, -0.25) is 4.99 Å². The maximum atomic E-state index is 4.40. The number of aliphatic imine (C=N–C) groups is 1. The summed E-state index contributed by atoms with van der Waals surface area (Å²) in [5.74, 6) is 0. The van der Waals surface area contributed by atoms with Crippen LogP contribution in [0.3, 0.4) is 0 Å². The second-order valence-corrected chi connectivity index (χ2v) is 3.31. The molecule has 0 saturated carbocycles. The van der Waals surface area contributed by atoms with E-state index in [1.54, 1.807) is 0 Å². The first-order chi connectivity index (χ1) is 6.45. The Balaban J connectivity index is 2.49. The molecule has 1 aliphatic rings. The van der Waals surface area contributed by atoms with Gasteiger partial charge in [-0.2, -0.15) is 0 Å². The molecule has 0 aliphatic carbocycles. The van der Waals surface area contributed by atoms with Crippen molar-refractivity contribution in [3.63, 3.8) is 0 Å². The Hall–Kier alpha value is -1.63. The van der Waals surface area contributed by atoms with Gasteiger partial charge in [-0.05, 0) is 10.9 Å². The molecule has 13 heavy (non-hydrogen) atoms. The van der Waals surface area contributed by atoms with Crippen molar-refractivity contribution in [2.24, 2.45) is 4.99 Å². The summed E-state index contributed by atoms with van der Waals surface area (Å²) in [4.78, 5) is 4.40. The molecule has 1 aliphatic heterocycles. The van der Waals surface area contributed by atoms with Crippen LogP contribution in [0.5, 0.6) is 0 Å². The molecule has 0 spiro atoms. The van der Waals surface area contributed by atoms with E-state index in [1.165, 1.54) is 16.3 Å². The van der Waals surface area contributed by atoms with Crippen molar-refractivity contribution in [2.75, 3.05) is 0 Å². The smallest absolute Gasteiger partial charge is 0.0739 e. The molecule has 0 radical (unpaired) electrons. The highest BCUT2D eigenvalue weighted by Crippen LogP contribution is 2.32. The van der Waals surface area contributed by atoms with E-state index < -0.39 is 0 Å². The van der Waals surface area contributed by atoms with Gasteiger partial charge in [0.05, 0.1) is 5.69 Å². The minimum absolute atomic E-state index is 0.986. The summed E-state index contributed by atoms with van der Waals surface area (Å²) in [5.41, 5.74) is 2.51. The van der Waals surface area contributed by atoms with Gasteiger partial charge in [0.2, 0.25) is 0 Å². The van der Waals surface area contributed by atoms with Crippen LogP contribution in [0.4, 0.5) is 5.69 Å². The van der Waals surface area contributed by atoms with Crippen molar-refractivity contribution in [2.45, 2.75) is 6.42 Å². The Morgan fingerprint density at radius 1 is 1.00 bits per heavy atom. The van der Waals surface area contributed by atoms with Crippen LogP contribution in [0.2, 0.25) is 0 Å². The normalized spacial score (nSPS) is 13.5. The lowest BCUT2D eigenvalue weighted by Gasteiger charge is -2.02. The number of benzene rings is 2. The number of nitrogens with zero attached hydrogens (tertiary/aromatic N) is 1. The van der Waals surface area contributed by atoms with E-state index in [1.807, 2.05) is 6.21 Å². The summed E-state index contributed by atoms with van der Waals surface area (Å²) < 4.78 is 0. The van der Waals surface area contributed by atoms with Gasteiger partial charge in [0, 0.05) is 18.0 Å². The first kappa shape index (κ1) is 6.84. The number of fused-ring (bicyclic) bond motifs is 3. The Kier molecular flexibility index (Phi) is 1.28. The third-order valence-corrected chi connectivity index (χ3v) is 2.52. The van der Waals surface area contributed by atoms with Gasteiger partial charge in [0.1, 0.15) is 0 Å². The fraction of sp³-hybridized carbons (Fsp3) is 0.0833. The number of hydrogen-bond donors (Lipinski definition) is 0. The van der Waals surface area contributed by atoms with Crippen LogP contribution in [0.1, 0.15) is 5.56 Å². The summed E-state index contributed by atoms with van der Waals surface area (Å²) >= 11 is 0. The highest BCUT2D eigenvalue weighted by molar-refractivity contribution is 5.98. The first-order valence-corrected chi connectivity index (χ1v) is 4.48. The largest absolute Gasteiger partial charge is 0.260 e. The van der Waals surface area contributed by atoms with Gasteiger partial charge in [0.25, 0.3) is 0 Å². The molecule has 0 amide bonds. The van der Waals surface area contributed by atoms with E-state index in [2.05, 4.69) is 41.4 Å².